The van der Waals surface area contributed by atoms with E-state index in [2.05, 4.69) is 4.90 Å². The third-order valence-electron chi connectivity index (χ3n) is 3.33. The van der Waals surface area contributed by atoms with Gasteiger partial charge in [0.1, 0.15) is 11.6 Å². The average Bonchev–Trinajstić information content (AvgIpc) is 2.28. The van der Waals surface area contributed by atoms with Gasteiger partial charge in [0.25, 0.3) is 0 Å². The Morgan fingerprint density at radius 2 is 1.88 bits per heavy atom. The van der Waals surface area contributed by atoms with E-state index in [-0.39, 0.29) is 0 Å². The molecule has 1 fully saturated rings. The summed E-state index contributed by atoms with van der Waals surface area (Å²) in [5.74, 6) is -1.03. The largest absolute Gasteiger partial charge is 0.329 e. The molecule has 2 N–H and O–H groups in total. The molecule has 4 heteroatoms. The Kier molecular flexibility index (Phi) is 4.07. The SMILES string of the molecule is NCC1CCCCN1Cc1cc(F)cc(F)c1. The van der Waals surface area contributed by atoms with Crippen LogP contribution in [0.3, 0.4) is 0 Å². The first-order valence-corrected chi connectivity index (χ1v) is 6.08. The van der Waals surface area contributed by atoms with Crippen LogP contribution in [0.15, 0.2) is 18.2 Å². The lowest BCUT2D eigenvalue weighted by atomic mass is 10.0. The van der Waals surface area contributed by atoms with Crippen LogP contribution < -0.4 is 5.73 Å². The number of hydrogen-bond acceptors (Lipinski definition) is 2. The van der Waals surface area contributed by atoms with Gasteiger partial charge in [-0.1, -0.05) is 6.42 Å². The maximum absolute atomic E-state index is 13.1. The van der Waals surface area contributed by atoms with Gasteiger partial charge in [0.15, 0.2) is 0 Å². The molecule has 1 aliphatic heterocycles. The molecule has 17 heavy (non-hydrogen) atoms. The summed E-state index contributed by atoms with van der Waals surface area (Å²) in [4.78, 5) is 2.22. The number of likely N-dealkylation sites (tertiary alicyclic amines) is 1. The molecule has 1 heterocycles. The Morgan fingerprint density at radius 1 is 1.18 bits per heavy atom. The monoisotopic (exact) mass is 240 g/mol. The normalized spacial score (nSPS) is 21.7. The molecule has 1 aromatic carbocycles. The van der Waals surface area contributed by atoms with Crippen molar-refractivity contribution >= 4 is 0 Å². The fourth-order valence-corrected chi connectivity index (χ4v) is 2.47. The summed E-state index contributed by atoms with van der Waals surface area (Å²) < 4.78 is 26.2. The summed E-state index contributed by atoms with van der Waals surface area (Å²) in [5, 5.41) is 0. The molecule has 2 rings (SSSR count). The topological polar surface area (TPSA) is 29.3 Å². The quantitative estimate of drug-likeness (QED) is 0.878. The number of rotatable bonds is 3. The van der Waals surface area contributed by atoms with E-state index in [9.17, 15) is 8.78 Å². The highest BCUT2D eigenvalue weighted by atomic mass is 19.1. The second kappa shape index (κ2) is 5.56. The van der Waals surface area contributed by atoms with Gasteiger partial charge < -0.3 is 5.73 Å². The molecule has 0 spiro atoms. The molecule has 0 aliphatic carbocycles. The highest BCUT2D eigenvalue weighted by Gasteiger charge is 2.21. The molecule has 0 amide bonds. The maximum atomic E-state index is 13.1. The molecule has 0 radical (unpaired) electrons. The van der Waals surface area contributed by atoms with Crippen molar-refractivity contribution in [2.75, 3.05) is 13.1 Å². The van der Waals surface area contributed by atoms with E-state index in [4.69, 9.17) is 5.73 Å². The number of halogens is 2. The third kappa shape index (κ3) is 3.23. The van der Waals surface area contributed by atoms with Crippen molar-refractivity contribution < 1.29 is 8.78 Å². The van der Waals surface area contributed by atoms with Crippen LogP contribution in [0.25, 0.3) is 0 Å². The lowest BCUT2D eigenvalue weighted by molar-refractivity contribution is 0.144. The van der Waals surface area contributed by atoms with Crippen LogP contribution in [0.5, 0.6) is 0 Å². The van der Waals surface area contributed by atoms with Gasteiger partial charge in [-0.2, -0.15) is 0 Å². The highest BCUT2D eigenvalue weighted by Crippen LogP contribution is 2.19. The van der Waals surface area contributed by atoms with Crippen molar-refractivity contribution in [2.45, 2.75) is 31.8 Å². The van der Waals surface area contributed by atoms with Crippen LogP contribution in [0.2, 0.25) is 0 Å². The molecule has 0 aromatic heterocycles. The van der Waals surface area contributed by atoms with Crippen LogP contribution in [0.4, 0.5) is 8.78 Å². The van der Waals surface area contributed by atoms with Crippen molar-refractivity contribution in [3.8, 4) is 0 Å². The Hall–Kier alpha value is -1.00. The number of nitrogens with two attached hydrogens (primary N) is 1. The summed E-state index contributed by atoms with van der Waals surface area (Å²) in [6, 6.07) is 4.03. The van der Waals surface area contributed by atoms with Crippen molar-refractivity contribution in [3.63, 3.8) is 0 Å². The minimum absolute atomic E-state index is 0.343. The summed E-state index contributed by atoms with van der Waals surface area (Å²) in [6.45, 7) is 2.15. The number of benzene rings is 1. The smallest absolute Gasteiger partial charge is 0.126 e. The zero-order valence-electron chi connectivity index (χ0n) is 9.83. The van der Waals surface area contributed by atoms with Gasteiger partial charge in [-0.25, -0.2) is 8.78 Å². The molecule has 1 unspecified atom stereocenters. The van der Waals surface area contributed by atoms with Crippen molar-refractivity contribution in [2.24, 2.45) is 5.73 Å². The zero-order chi connectivity index (χ0) is 12.3. The van der Waals surface area contributed by atoms with Crippen LogP contribution in [0.1, 0.15) is 24.8 Å². The predicted octanol–water partition coefficient (Wildman–Crippen LogP) is 2.28. The number of hydrogen-bond donors (Lipinski definition) is 1. The van der Waals surface area contributed by atoms with Crippen molar-refractivity contribution in [3.05, 3.63) is 35.4 Å². The van der Waals surface area contributed by atoms with E-state index in [0.717, 1.165) is 25.5 Å². The Balaban J connectivity index is 2.08. The molecular weight excluding hydrogens is 222 g/mol. The zero-order valence-corrected chi connectivity index (χ0v) is 9.83. The van der Waals surface area contributed by atoms with Gasteiger partial charge >= 0.3 is 0 Å². The lowest BCUT2D eigenvalue weighted by Crippen LogP contribution is -2.43. The van der Waals surface area contributed by atoms with E-state index < -0.39 is 11.6 Å². The minimum Gasteiger partial charge on any atom is -0.329 e. The lowest BCUT2D eigenvalue weighted by Gasteiger charge is -2.35. The highest BCUT2D eigenvalue weighted by molar-refractivity contribution is 5.18. The van der Waals surface area contributed by atoms with Crippen LogP contribution in [0, 0.1) is 11.6 Å². The van der Waals surface area contributed by atoms with Gasteiger partial charge in [-0.15, -0.1) is 0 Å². The first-order valence-electron chi connectivity index (χ1n) is 6.08. The Morgan fingerprint density at radius 3 is 2.53 bits per heavy atom. The number of piperidine rings is 1. The van der Waals surface area contributed by atoms with E-state index in [0.29, 0.717) is 24.7 Å². The standard InChI is InChI=1S/C13H18F2N2/c14-11-5-10(6-12(15)7-11)9-17-4-2-1-3-13(17)8-16/h5-7,13H,1-4,8-9,16H2. The van der Waals surface area contributed by atoms with E-state index >= 15 is 0 Å². The average molecular weight is 240 g/mol. The second-order valence-corrected chi connectivity index (χ2v) is 4.63. The molecule has 0 bridgehead atoms. The van der Waals surface area contributed by atoms with E-state index in [1.54, 1.807) is 0 Å². The molecule has 1 saturated heterocycles. The fourth-order valence-electron chi connectivity index (χ4n) is 2.47. The third-order valence-corrected chi connectivity index (χ3v) is 3.33. The summed E-state index contributed by atoms with van der Waals surface area (Å²) in [7, 11) is 0. The first kappa shape index (κ1) is 12.5. The Bertz CT molecular complexity index is 361. The number of nitrogens with zero attached hydrogens (tertiary/aromatic N) is 1. The molecule has 2 nitrogen and oxygen atoms in total. The first-order chi connectivity index (χ1) is 8.19. The second-order valence-electron chi connectivity index (χ2n) is 4.63. The van der Waals surface area contributed by atoms with Crippen molar-refractivity contribution in [1.29, 1.82) is 0 Å². The molecular formula is C13H18F2N2. The fraction of sp³-hybridized carbons (Fsp3) is 0.538. The van der Waals surface area contributed by atoms with Gasteiger partial charge in [0.05, 0.1) is 0 Å². The van der Waals surface area contributed by atoms with Crippen LogP contribution in [-0.4, -0.2) is 24.0 Å². The van der Waals surface area contributed by atoms with Gasteiger partial charge in [0.2, 0.25) is 0 Å². The van der Waals surface area contributed by atoms with E-state index in [1.165, 1.54) is 18.6 Å². The van der Waals surface area contributed by atoms with E-state index in [1.807, 2.05) is 0 Å². The van der Waals surface area contributed by atoms with Crippen molar-refractivity contribution in [1.82, 2.24) is 4.90 Å². The Labute approximate surface area is 100 Å². The molecule has 1 aromatic rings. The molecule has 94 valence electrons. The predicted molar refractivity (Wildman–Crippen MR) is 63.5 cm³/mol. The summed E-state index contributed by atoms with van der Waals surface area (Å²) in [5.41, 5.74) is 6.40. The molecule has 0 saturated carbocycles. The van der Waals surface area contributed by atoms with Gasteiger partial charge in [-0.3, -0.25) is 4.90 Å². The molecule has 1 atom stereocenters. The summed E-state index contributed by atoms with van der Waals surface area (Å²) in [6.07, 6.45) is 3.40. The minimum atomic E-state index is -0.513. The van der Waals surface area contributed by atoms with Crippen LogP contribution >= 0.6 is 0 Å². The summed E-state index contributed by atoms with van der Waals surface area (Å²) >= 11 is 0. The maximum Gasteiger partial charge on any atom is 0.126 e. The van der Waals surface area contributed by atoms with Gasteiger partial charge in [-0.05, 0) is 37.1 Å². The van der Waals surface area contributed by atoms with Gasteiger partial charge in [0, 0.05) is 25.2 Å². The van der Waals surface area contributed by atoms with Crippen LogP contribution in [-0.2, 0) is 6.54 Å². The molecule has 1 aliphatic rings.